The fraction of sp³-hybridized carbons (Fsp3) is 0.368. The lowest BCUT2D eigenvalue weighted by Crippen LogP contribution is -2.32. The van der Waals surface area contributed by atoms with Crippen LogP contribution in [0.5, 0.6) is 0 Å². The lowest BCUT2D eigenvalue weighted by Gasteiger charge is -2.19. The molecule has 1 rings (SSSR count). The first-order chi connectivity index (χ1) is 12.9. The van der Waals surface area contributed by atoms with Crippen molar-refractivity contribution in [1.82, 2.24) is 10.6 Å². The van der Waals surface area contributed by atoms with Gasteiger partial charge in [-0.05, 0) is 51.1 Å². The van der Waals surface area contributed by atoms with Crippen molar-refractivity contribution in [1.29, 1.82) is 0 Å². The number of rotatable bonds is 7. The van der Waals surface area contributed by atoms with Gasteiger partial charge in [0, 0.05) is 12.1 Å². The minimum Gasteiger partial charge on any atom is -0.444 e. The van der Waals surface area contributed by atoms with Crippen LogP contribution < -0.4 is 10.6 Å². The van der Waals surface area contributed by atoms with Gasteiger partial charge >= 0.3 is 6.09 Å². The number of terminal acetylenes is 1. The number of hydrogen-bond acceptors (Lipinski definition) is 5. The van der Waals surface area contributed by atoms with E-state index < -0.39 is 39.0 Å². The first kappa shape index (κ1) is 23.2. The minimum atomic E-state index is -3.95. The Kier molecular flexibility index (Phi) is 8.19. The summed E-state index contributed by atoms with van der Waals surface area (Å²) in [4.78, 5) is 23.1. The van der Waals surface area contributed by atoms with Crippen molar-refractivity contribution in [2.24, 2.45) is 0 Å². The van der Waals surface area contributed by atoms with Crippen molar-refractivity contribution in [3.8, 4) is 12.3 Å². The van der Waals surface area contributed by atoms with Crippen LogP contribution in [-0.4, -0.2) is 44.9 Å². The summed E-state index contributed by atoms with van der Waals surface area (Å²) in [6.45, 7) is 4.87. The second-order valence-electron chi connectivity index (χ2n) is 6.70. The van der Waals surface area contributed by atoms with Crippen LogP contribution in [0.4, 0.5) is 9.18 Å². The molecular formula is C19H23FN2O5S. The Balaban J connectivity index is 2.68. The number of benzene rings is 1. The molecule has 0 saturated heterocycles. The van der Waals surface area contributed by atoms with Crippen LogP contribution in [0.3, 0.4) is 0 Å². The van der Waals surface area contributed by atoms with E-state index in [9.17, 15) is 22.4 Å². The lowest BCUT2D eigenvalue weighted by atomic mass is 10.2. The van der Waals surface area contributed by atoms with Gasteiger partial charge in [0.25, 0.3) is 5.91 Å². The zero-order valence-electron chi connectivity index (χ0n) is 15.9. The Bertz CT molecular complexity index is 878. The molecule has 0 saturated carbocycles. The third-order valence-corrected chi connectivity index (χ3v) is 4.77. The molecule has 0 atom stereocenters. The molecule has 2 amide bonds. The highest BCUT2D eigenvalue weighted by Gasteiger charge is 2.18. The van der Waals surface area contributed by atoms with Crippen molar-refractivity contribution >= 4 is 21.8 Å². The molecular weight excluding hydrogens is 387 g/mol. The van der Waals surface area contributed by atoms with Gasteiger partial charge in [-0.1, -0.05) is 5.92 Å². The van der Waals surface area contributed by atoms with Crippen LogP contribution in [-0.2, 0) is 14.6 Å². The molecule has 7 nitrogen and oxygen atoms in total. The molecule has 0 aliphatic carbocycles. The number of nitrogens with one attached hydrogen (secondary N) is 2. The Morgan fingerprint density at radius 3 is 2.36 bits per heavy atom. The smallest absolute Gasteiger partial charge is 0.407 e. The first-order valence-corrected chi connectivity index (χ1v) is 9.96. The fourth-order valence-electron chi connectivity index (χ4n) is 1.93. The molecule has 0 aliphatic rings. The highest BCUT2D eigenvalue weighted by Crippen LogP contribution is 2.16. The van der Waals surface area contributed by atoms with Crippen LogP contribution in [0.1, 0.15) is 31.1 Å². The van der Waals surface area contributed by atoms with Crippen LogP contribution in [0, 0.1) is 12.3 Å². The van der Waals surface area contributed by atoms with E-state index in [1.807, 2.05) is 0 Å². The molecule has 9 heteroatoms. The predicted molar refractivity (Wildman–Crippen MR) is 103 cm³/mol. The fourth-order valence-corrected chi connectivity index (χ4v) is 3.13. The molecule has 0 bridgehead atoms. The monoisotopic (exact) mass is 410 g/mol. The number of halogens is 1. The average Bonchev–Trinajstić information content (AvgIpc) is 2.57. The standard InChI is InChI=1S/C19H23FN2O5S/c1-5-11-21-17(23)14-6-8-16(9-7-14)28(25,26)13-15(20)10-12-22-18(24)27-19(2,3)4/h1,6-10H,11-13H2,2-4H3,(H,21,23)(H,22,24)/b15-10-. The third-order valence-electron chi connectivity index (χ3n) is 3.12. The van der Waals surface area contributed by atoms with Gasteiger partial charge in [0.1, 0.15) is 17.2 Å². The molecule has 1 aromatic carbocycles. The summed E-state index contributed by atoms with van der Waals surface area (Å²) in [7, 11) is -3.95. The number of hydrogen-bond donors (Lipinski definition) is 2. The Hall–Kier alpha value is -2.86. The second-order valence-corrected chi connectivity index (χ2v) is 8.69. The van der Waals surface area contributed by atoms with Gasteiger partial charge in [-0.15, -0.1) is 6.42 Å². The van der Waals surface area contributed by atoms with Crippen molar-refractivity contribution in [3.63, 3.8) is 0 Å². The minimum absolute atomic E-state index is 0.0478. The van der Waals surface area contributed by atoms with Crippen molar-refractivity contribution in [3.05, 3.63) is 41.7 Å². The normalized spacial score (nSPS) is 12.0. The Labute approximate surface area is 164 Å². The van der Waals surface area contributed by atoms with Crippen molar-refractivity contribution in [2.75, 3.05) is 18.8 Å². The van der Waals surface area contributed by atoms with E-state index >= 15 is 0 Å². The largest absolute Gasteiger partial charge is 0.444 e. The summed E-state index contributed by atoms with van der Waals surface area (Å²) in [5, 5.41) is 4.75. The van der Waals surface area contributed by atoms with E-state index in [0.717, 1.165) is 6.08 Å². The lowest BCUT2D eigenvalue weighted by molar-refractivity contribution is 0.0533. The van der Waals surface area contributed by atoms with Gasteiger partial charge in [0.15, 0.2) is 9.84 Å². The van der Waals surface area contributed by atoms with E-state index in [1.165, 1.54) is 24.3 Å². The summed E-state index contributed by atoms with van der Waals surface area (Å²) >= 11 is 0. The number of carbonyl (C=O) groups excluding carboxylic acids is 2. The second kappa shape index (κ2) is 9.90. The van der Waals surface area contributed by atoms with E-state index in [1.54, 1.807) is 20.8 Å². The maximum Gasteiger partial charge on any atom is 0.407 e. The van der Waals surface area contributed by atoms with Gasteiger partial charge in [-0.25, -0.2) is 17.6 Å². The van der Waals surface area contributed by atoms with Gasteiger partial charge in [0.2, 0.25) is 0 Å². The number of carbonyl (C=O) groups is 2. The molecule has 152 valence electrons. The molecule has 0 spiro atoms. The Morgan fingerprint density at radius 1 is 1.21 bits per heavy atom. The molecule has 0 fully saturated rings. The zero-order chi connectivity index (χ0) is 21.4. The zero-order valence-corrected chi connectivity index (χ0v) is 16.7. The van der Waals surface area contributed by atoms with Crippen molar-refractivity contribution < 1.29 is 27.1 Å². The molecule has 0 aromatic heterocycles. The summed E-state index contributed by atoms with van der Waals surface area (Å²) < 4.78 is 43.4. The first-order valence-electron chi connectivity index (χ1n) is 8.30. The molecule has 0 heterocycles. The highest BCUT2D eigenvalue weighted by atomic mass is 32.2. The maximum atomic E-state index is 13.9. The molecule has 2 N–H and O–H groups in total. The SMILES string of the molecule is C#CCNC(=O)c1ccc(S(=O)(=O)C/C(F)=C/CNC(=O)OC(C)(C)C)cc1. The molecule has 1 aromatic rings. The van der Waals surface area contributed by atoms with E-state index in [2.05, 4.69) is 16.6 Å². The topological polar surface area (TPSA) is 102 Å². The summed E-state index contributed by atoms with van der Waals surface area (Å²) in [5.41, 5.74) is -0.466. The molecule has 0 aliphatic heterocycles. The van der Waals surface area contributed by atoms with Gasteiger partial charge in [0.05, 0.1) is 11.4 Å². The van der Waals surface area contributed by atoms with Crippen LogP contribution in [0.2, 0.25) is 0 Å². The number of sulfone groups is 1. The summed E-state index contributed by atoms with van der Waals surface area (Å²) in [5.74, 6) is 0.0135. The van der Waals surface area contributed by atoms with Gasteiger partial charge in [-0.2, -0.15) is 0 Å². The van der Waals surface area contributed by atoms with Crippen molar-refractivity contribution in [2.45, 2.75) is 31.3 Å². The molecule has 0 unspecified atom stereocenters. The van der Waals surface area contributed by atoms with E-state index in [0.29, 0.717) is 0 Å². The van der Waals surface area contributed by atoms with E-state index in [-0.39, 0.29) is 23.5 Å². The molecule has 28 heavy (non-hydrogen) atoms. The van der Waals surface area contributed by atoms with Gasteiger partial charge in [-0.3, -0.25) is 4.79 Å². The van der Waals surface area contributed by atoms with Gasteiger partial charge < -0.3 is 15.4 Å². The van der Waals surface area contributed by atoms with E-state index in [4.69, 9.17) is 11.2 Å². The Morgan fingerprint density at radius 2 is 1.82 bits per heavy atom. The van der Waals surface area contributed by atoms with Crippen LogP contribution >= 0.6 is 0 Å². The average molecular weight is 410 g/mol. The number of amides is 2. The quantitative estimate of drug-likeness (QED) is 0.671. The highest BCUT2D eigenvalue weighted by molar-refractivity contribution is 7.91. The number of ether oxygens (including phenoxy) is 1. The summed E-state index contributed by atoms with van der Waals surface area (Å²) in [6, 6.07) is 5.05. The predicted octanol–water partition coefficient (Wildman–Crippen LogP) is 2.20. The molecule has 0 radical (unpaired) electrons. The maximum absolute atomic E-state index is 13.9. The third kappa shape index (κ3) is 8.22. The van der Waals surface area contributed by atoms with Crippen LogP contribution in [0.15, 0.2) is 41.1 Å². The summed E-state index contributed by atoms with van der Waals surface area (Å²) in [6.07, 6.45) is 5.26. The number of alkyl carbamates (subject to hydrolysis) is 1. The van der Waals surface area contributed by atoms with Crippen LogP contribution in [0.25, 0.3) is 0 Å².